The van der Waals surface area contributed by atoms with Crippen molar-refractivity contribution in [2.45, 2.75) is 6.92 Å². The summed E-state index contributed by atoms with van der Waals surface area (Å²) in [4.78, 5) is 6.62. The summed E-state index contributed by atoms with van der Waals surface area (Å²) in [6.45, 7) is 4.97. The molecule has 2 N–H and O–H groups in total. The molecule has 0 bridgehead atoms. The average Bonchev–Trinajstić information content (AvgIpc) is 2.06. The van der Waals surface area contributed by atoms with Gasteiger partial charge in [-0.25, -0.2) is 4.98 Å². The topological polar surface area (TPSA) is 42.1 Å². The molecule has 2 rings (SSSR count). The maximum atomic E-state index is 5.55. The van der Waals surface area contributed by atoms with Crippen LogP contribution in [0.15, 0.2) is 18.3 Å². The van der Waals surface area contributed by atoms with Gasteiger partial charge in [0.2, 0.25) is 0 Å². The third kappa shape index (κ3) is 1.65. The van der Waals surface area contributed by atoms with Gasteiger partial charge in [0, 0.05) is 25.2 Å². The first kappa shape index (κ1) is 8.51. The predicted octanol–water partition coefficient (Wildman–Crippen LogP) is 0.785. The fraction of sp³-hybridized carbons (Fsp3) is 0.500. The molecule has 1 aromatic heterocycles. The van der Waals surface area contributed by atoms with E-state index in [1.165, 1.54) is 5.56 Å². The summed E-state index contributed by atoms with van der Waals surface area (Å²) in [6, 6.07) is 4.17. The second kappa shape index (κ2) is 3.34. The van der Waals surface area contributed by atoms with Crippen molar-refractivity contribution in [1.82, 2.24) is 4.98 Å². The minimum Gasteiger partial charge on any atom is -0.356 e. The van der Waals surface area contributed by atoms with Crippen LogP contribution >= 0.6 is 0 Å². The second-order valence-corrected chi connectivity index (χ2v) is 3.70. The summed E-state index contributed by atoms with van der Waals surface area (Å²) in [5.41, 5.74) is 6.76. The predicted molar refractivity (Wildman–Crippen MR) is 53.7 cm³/mol. The van der Waals surface area contributed by atoms with Crippen LogP contribution in [0.5, 0.6) is 0 Å². The van der Waals surface area contributed by atoms with Gasteiger partial charge in [-0.3, -0.25) is 0 Å². The first-order chi connectivity index (χ1) is 6.29. The maximum Gasteiger partial charge on any atom is 0.128 e. The number of nitrogens with two attached hydrogens (primary N) is 1. The lowest BCUT2D eigenvalue weighted by atomic mass is 10.0. The Labute approximate surface area is 78.6 Å². The van der Waals surface area contributed by atoms with Crippen molar-refractivity contribution < 1.29 is 0 Å². The van der Waals surface area contributed by atoms with Crippen LogP contribution in [0.1, 0.15) is 5.56 Å². The zero-order valence-corrected chi connectivity index (χ0v) is 7.90. The van der Waals surface area contributed by atoms with E-state index in [0.29, 0.717) is 5.92 Å². The van der Waals surface area contributed by atoms with Gasteiger partial charge in [0.15, 0.2) is 0 Å². The minimum atomic E-state index is 0.670. The molecule has 13 heavy (non-hydrogen) atoms. The monoisotopic (exact) mass is 177 g/mol. The van der Waals surface area contributed by atoms with E-state index < -0.39 is 0 Å². The SMILES string of the molecule is Cc1ccc(N2CC(CN)C2)nc1. The molecule has 0 unspecified atom stereocenters. The van der Waals surface area contributed by atoms with E-state index in [2.05, 4.69) is 28.9 Å². The molecule has 0 aromatic carbocycles. The minimum absolute atomic E-state index is 0.670. The molecule has 0 amide bonds. The van der Waals surface area contributed by atoms with Gasteiger partial charge < -0.3 is 10.6 Å². The largest absolute Gasteiger partial charge is 0.356 e. The van der Waals surface area contributed by atoms with Gasteiger partial charge in [-0.05, 0) is 25.1 Å². The van der Waals surface area contributed by atoms with Gasteiger partial charge in [0.25, 0.3) is 0 Å². The summed E-state index contributed by atoms with van der Waals surface area (Å²) >= 11 is 0. The molecule has 3 nitrogen and oxygen atoms in total. The summed E-state index contributed by atoms with van der Waals surface area (Å²) in [5, 5.41) is 0. The molecule has 0 atom stereocenters. The van der Waals surface area contributed by atoms with Crippen molar-refractivity contribution in [3.05, 3.63) is 23.9 Å². The Morgan fingerprint density at radius 1 is 1.54 bits per heavy atom. The van der Waals surface area contributed by atoms with E-state index >= 15 is 0 Å². The third-order valence-corrected chi connectivity index (χ3v) is 2.51. The molecule has 70 valence electrons. The molecule has 1 aromatic rings. The molecule has 0 aliphatic carbocycles. The zero-order valence-electron chi connectivity index (χ0n) is 7.90. The van der Waals surface area contributed by atoms with Crippen molar-refractivity contribution in [1.29, 1.82) is 0 Å². The number of aryl methyl sites for hydroxylation is 1. The highest BCUT2D eigenvalue weighted by atomic mass is 15.2. The average molecular weight is 177 g/mol. The Hall–Kier alpha value is -1.09. The molecule has 0 spiro atoms. The molecule has 1 saturated heterocycles. The Morgan fingerprint density at radius 2 is 2.31 bits per heavy atom. The van der Waals surface area contributed by atoms with E-state index in [1.807, 2.05) is 6.20 Å². The fourth-order valence-electron chi connectivity index (χ4n) is 1.55. The van der Waals surface area contributed by atoms with E-state index in [1.54, 1.807) is 0 Å². The van der Waals surface area contributed by atoms with E-state index in [9.17, 15) is 0 Å². The number of nitrogens with zero attached hydrogens (tertiary/aromatic N) is 2. The highest BCUT2D eigenvalue weighted by Gasteiger charge is 2.25. The van der Waals surface area contributed by atoms with Gasteiger partial charge in [0.1, 0.15) is 5.82 Å². The van der Waals surface area contributed by atoms with E-state index in [0.717, 1.165) is 25.5 Å². The van der Waals surface area contributed by atoms with E-state index in [4.69, 9.17) is 5.73 Å². The van der Waals surface area contributed by atoms with Crippen LogP contribution in [0.3, 0.4) is 0 Å². The molecule has 2 heterocycles. The first-order valence-corrected chi connectivity index (χ1v) is 4.67. The molecular formula is C10H15N3. The van der Waals surface area contributed by atoms with Gasteiger partial charge >= 0.3 is 0 Å². The Balaban J connectivity index is 1.99. The lowest BCUT2D eigenvalue weighted by Crippen LogP contribution is -2.50. The van der Waals surface area contributed by atoms with Gasteiger partial charge in [-0.1, -0.05) is 6.07 Å². The highest BCUT2D eigenvalue weighted by Crippen LogP contribution is 2.21. The van der Waals surface area contributed by atoms with Crippen LogP contribution in [0, 0.1) is 12.8 Å². The quantitative estimate of drug-likeness (QED) is 0.726. The van der Waals surface area contributed by atoms with Crippen molar-refractivity contribution >= 4 is 5.82 Å². The smallest absolute Gasteiger partial charge is 0.128 e. The van der Waals surface area contributed by atoms with Gasteiger partial charge in [-0.15, -0.1) is 0 Å². The third-order valence-electron chi connectivity index (χ3n) is 2.51. The van der Waals surface area contributed by atoms with Gasteiger partial charge in [0.05, 0.1) is 0 Å². The number of anilines is 1. The lowest BCUT2D eigenvalue weighted by molar-refractivity contribution is 0.417. The van der Waals surface area contributed by atoms with Crippen molar-refractivity contribution in [2.75, 3.05) is 24.5 Å². The standard InChI is InChI=1S/C10H15N3/c1-8-2-3-10(12-5-8)13-6-9(4-11)7-13/h2-3,5,9H,4,6-7,11H2,1H3. The van der Waals surface area contributed by atoms with Crippen LogP contribution in [0.2, 0.25) is 0 Å². The number of rotatable bonds is 2. The summed E-state index contributed by atoms with van der Waals surface area (Å²) < 4.78 is 0. The van der Waals surface area contributed by atoms with Crippen molar-refractivity contribution in [3.63, 3.8) is 0 Å². The Kier molecular flexibility index (Phi) is 2.19. The molecule has 1 aliphatic heterocycles. The first-order valence-electron chi connectivity index (χ1n) is 4.67. The number of pyridine rings is 1. The summed E-state index contributed by atoms with van der Waals surface area (Å²) in [6.07, 6.45) is 1.91. The maximum absolute atomic E-state index is 5.55. The zero-order chi connectivity index (χ0) is 9.26. The number of hydrogen-bond donors (Lipinski definition) is 1. The van der Waals surface area contributed by atoms with Crippen LogP contribution < -0.4 is 10.6 Å². The van der Waals surface area contributed by atoms with Crippen LogP contribution in [0.4, 0.5) is 5.82 Å². The summed E-state index contributed by atoms with van der Waals surface area (Å²) in [5.74, 6) is 1.75. The Morgan fingerprint density at radius 3 is 2.85 bits per heavy atom. The molecule has 3 heteroatoms. The van der Waals surface area contributed by atoms with Crippen molar-refractivity contribution in [3.8, 4) is 0 Å². The van der Waals surface area contributed by atoms with Gasteiger partial charge in [-0.2, -0.15) is 0 Å². The van der Waals surface area contributed by atoms with Crippen LogP contribution in [-0.2, 0) is 0 Å². The van der Waals surface area contributed by atoms with Crippen LogP contribution in [0.25, 0.3) is 0 Å². The summed E-state index contributed by atoms with van der Waals surface area (Å²) in [7, 11) is 0. The number of hydrogen-bond acceptors (Lipinski definition) is 3. The van der Waals surface area contributed by atoms with Crippen LogP contribution in [-0.4, -0.2) is 24.6 Å². The molecular weight excluding hydrogens is 162 g/mol. The van der Waals surface area contributed by atoms with Crippen molar-refractivity contribution in [2.24, 2.45) is 11.7 Å². The fourth-order valence-corrected chi connectivity index (χ4v) is 1.55. The molecule has 0 saturated carbocycles. The normalized spacial score (nSPS) is 17.2. The lowest BCUT2D eigenvalue weighted by Gasteiger charge is -2.39. The molecule has 1 fully saturated rings. The number of aromatic nitrogens is 1. The highest BCUT2D eigenvalue weighted by molar-refractivity contribution is 5.42. The Bertz CT molecular complexity index is 275. The van der Waals surface area contributed by atoms with E-state index in [-0.39, 0.29) is 0 Å². The molecule has 1 aliphatic rings. The molecule has 0 radical (unpaired) electrons. The second-order valence-electron chi connectivity index (χ2n) is 3.70.